The van der Waals surface area contributed by atoms with Crippen molar-refractivity contribution >= 4 is 62.5 Å². The normalized spacial score (nSPS) is 11.9. The van der Waals surface area contributed by atoms with Crippen molar-refractivity contribution in [2.24, 2.45) is 5.92 Å². The molecule has 0 aliphatic heterocycles. The Morgan fingerprint density at radius 2 is 1.74 bits per heavy atom. The lowest BCUT2D eigenvalue weighted by molar-refractivity contribution is -0.142. The maximum Gasteiger partial charge on any atom is 0.261 e. The van der Waals surface area contributed by atoms with E-state index >= 15 is 0 Å². The molecule has 0 bridgehead atoms. The summed E-state index contributed by atoms with van der Waals surface area (Å²) in [6, 6.07) is 9.49. The summed E-state index contributed by atoms with van der Waals surface area (Å²) < 4.78 is 6.42. The molecule has 0 spiro atoms. The van der Waals surface area contributed by atoms with Crippen molar-refractivity contribution in [3.63, 3.8) is 0 Å². The first-order valence-electron chi connectivity index (χ1n) is 9.67. The van der Waals surface area contributed by atoms with Crippen LogP contribution in [0.15, 0.2) is 40.9 Å². The number of halogens is 4. The quantitative estimate of drug-likeness (QED) is 0.418. The fourth-order valence-electron chi connectivity index (χ4n) is 2.68. The van der Waals surface area contributed by atoms with Gasteiger partial charge < -0.3 is 15.0 Å². The largest absolute Gasteiger partial charge is 0.482 e. The predicted molar refractivity (Wildman–Crippen MR) is 129 cm³/mol. The third kappa shape index (κ3) is 7.86. The van der Waals surface area contributed by atoms with Gasteiger partial charge in [0.1, 0.15) is 11.8 Å². The Hall–Kier alpha value is -1.47. The van der Waals surface area contributed by atoms with Gasteiger partial charge in [0.15, 0.2) is 6.61 Å². The highest BCUT2D eigenvalue weighted by atomic mass is 79.9. The highest BCUT2D eigenvalue weighted by molar-refractivity contribution is 9.10. The van der Waals surface area contributed by atoms with Gasteiger partial charge in [0, 0.05) is 17.6 Å². The van der Waals surface area contributed by atoms with E-state index in [0.717, 1.165) is 10.0 Å². The number of carbonyl (C=O) groups excluding carboxylic acids is 2. The van der Waals surface area contributed by atoms with Gasteiger partial charge in [-0.3, -0.25) is 9.59 Å². The van der Waals surface area contributed by atoms with Crippen molar-refractivity contribution in [1.82, 2.24) is 10.2 Å². The Labute approximate surface area is 206 Å². The zero-order valence-corrected chi connectivity index (χ0v) is 21.3. The average molecular weight is 551 g/mol. The first-order valence-corrected chi connectivity index (χ1v) is 11.6. The summed E-state index contributed by atoms with van der Waals surface area (Å²) in [4.78, 5) is 27.1. The zero-order chi connectivity index (χ0) is 23.1. The van der Waals surface area contributed by atoms with Crippen LogP contribution in [0.5, 0.6) is 5.75 Å². The Bertz CT molecular complexity index is 940. The van der Waals surface area contributed by atoms with Gasteiger partial charge >= 0.3 is 0 Å². The topological polar surface area (TPSA) is 58.6 Å². The number of carbonyl (C=O) groups is 2. The molecule has 0 fully saturated rings. The second-order valence-electron chi connectivity index (χ2n) is 7.45. The van der Waals surface area contributed by atoms with Crippen LogP contribution < -0.4 is 10.1 Å². The maximum atomic E-state index is 13.0. The molecule has 0 saturated carbocycles. The van der Waals surface area contributed by atoms with E-state index in [1.165, 1.54) is 4.90 Å². The molecule has 31 heavy (non-hydrogen) atoms. The molecule has 168 valence electrons. The summed E-state index contributed by atoms with van der Waals surface area (Å²) in [7, 11) is 0. The molecule has 0 saturated heterocycles. The van der Waals surface area contributed by atoms with Crippen molar-refractivity contribution in [1.29, 1.82) is 0 Å². The summed E-state index contributed by atoms with van der Waals surface area (Å²) in [5.41, 5.74) is 0.743. The standard InChI is InChI=1S/C22H24BrCl3N2O3/c1-13(2)10-27-22(30)14(3)28(11-15-4-6-17(24)18(25)8-15)21(29)12-31-20-7-5-16(23)9-19(20)26/h4-9,13-14H,10-12H2,1-3H3,(H,27,30)/t14-/m0/s1. The van der Waals surface area contributed by atoms with Crippen LogP contribution in [0.25, 0.3) is 0 Å². The molecular formula is C22H24BrCl3N2O3. The number of hydrogen-bond donors (Lipinski definition) is 1. The fourth-order valence-corrected chi connectivity index (χ4v) is 3.73. The first kappa shape index (κ1) is 25.8. The van der Waals surface area contributed by atoms with Crippen LogP contribution in [0.2, 0.25) is 15.1 Å². The Morgan fingerprint density at radius 1 is 1.03 bits per heavy atom. The van der Waals surface area contributed by atoms with E-state index < -0.39 is 6.04 Å². The van der Waals surface area contributed by atoms with Crippen LogP contribution in [0.3, 0.4) is 0 Å². The van der Waals surface area contributed by atoms with Gasteiger partial charge in [0.25, 0.3) is 5.91 Å². The fraction of sp³-hybridized carbons (Fsp3) is 0.364. The molecule has 9 heteroatoms. The van der Waals surface area contributed by atoms with Crippen molar-refractivity contribution < 1.29 is 14.3 Å². The lowest BCUT2D eigenvalue weighted by atomic mass is 10.1. The molecule has 2 aromatic rings. The van der Waals surface area contributed by atoms with Crippen LogP contribution in [-0.2, 0) is 16.1 Å². The minimum absolute atomic E-state index is 0.170. The molecule has 0 aliphatic rings. The number of hydrogen-bond acceptors (Lipinski definition) is 3. The second kappa shape index (κ2) is 12.0. The molecule has 2 amide bonds. The van der Waals surface area contributed by atoms with Crippen LogP contribution in [0, 0.1) is 5.92 Å². The molecule has 0 aromatic heterocycles. The molecule has 1 atom stereocenters. The van der Waals surface area contributed by atoms with Crippen molar-refractivity contribution in [3.8, 4) is 5.75 Å². The van der Waals surface area contributed by atoms with Crippen LogP contribution in [0.4, 0.5) is 0 Å². The van der Waals surface area contributed by atoms with Crippen molar-refractivity contribution in [2.75, 3.05) is 13.2 Å². The van der Waals surface area contributed by atoms with E-state index in [2.05, 4.69) is 21.2 Å². The summed E-state index contributed by atoms with van der Waals surface area (Å²) in [5, 5.41) is 4.03. The first-order chi connectivity index (χ1) is 14.6. The van der Waals surface area contributed by atoms with Crippen molar-refractivity contribution in [2.45, 2.75) is 33.4 Å². The summed E-state index contributed by atoms with van der Waals surface area (Å²) in [6.07, 6.45) is 0. The smallest absolute Gasteiger partial charge is 0.261 e. The molecule has 2 rings (SSSR count). The van der Waals surface area contributed by atoms with E-state index in [-0.39, 0.29) is 25.0 Å². The number of nitrogens with zero attached hydrogens (tertiary/aromatic N) is 1. The highest BCUT2D eigenvalue weighted by Gasteiger charge is 2.27. The molecule has 0 unspecified atom stereocenters. The van der Waals surface area contributed by atoms with E-state index in [1.54, 1.807) is 43.3 Å². The Balaban J connectivity index is 2.18. The molecule has 0 heterocycles. The molecule has 5 nitrogen and oxygen atoms in total. The number of ether oxygens (including phenoxy) is 1. The number of amides is 2. The number of nitrogens with one attached hydrogen (secondary N) is 1. The van der Waals surface area contributed by atoms with Crippen LogP contribution >= 0.6 is 50.7 Å². The SMILES string of the molecule is CC(C)CNC(=O)[C@H](C)N(Cc1ccc(Cl)c(Cl)c1)C(=O)COc1ccc(Br)cc1Cl. The van der Waals surface area contributed by atoms with Gasteiger partial charge in [0.2, 0.25) is 5.91 Å². The second-order valence-corrected chi connectivity index (χ2v) is 9.59. The Morgan fingerprint density at radius 3 is 2.35 bits per heavy atom. The van der Waals surface area contributed by atoms with E-state index in [0.29, 0.717) is 33.3 Å². The minimum atomic E-state index is -0.718. The maximum absolute atomic E-state index is 13.0. The van der Waals surface area contributed by atoms with Crippen LogP contribution in [-0.4, -0.2) is 35.9 Å². The van der Waals surface area contributed by atoms with Gasteiger partial charge in [-0.2, -0.15) is 0 Å². The zero-order valence-electron chi connectivity index (χ0n) is 17.4. The molecule has 0 aliphatic carbocycles. The van der Waals surface area contributed by atoms with E-state index in [4.69, 9.17) is 39.5 Å². The van der Waals surface area contributed by atoms with Gasteiger partial charge in [-0.25, -0.2) is 0 Å². The van der Waals surface area contributed by atoms with E-state index in [1.807, 2.05) is 13.8 Å². The third-order valence-corrected chi connectivity index (χ3v) is 5.96. The van der Waals surface area contributed by atoms with Crippen molar-refractivity contribution in [3.05, 3.63) is 61.5 Å². The summed E-state index contributed by atoms with van der Waals surface area (Å²) in [5.74, 6) is 0.0592. The molecular weight excluding hydrogens is 527 g/mol. The van der Waals surface area contributed by atoms with E-state index in [9.17, 15) is 9.59 Å². The number of rotatable bonds is 9. The molecule has 2 aromatic carbocycles. The van der Waals surface area contributed by atoms with Gasteiger partial charge in [-0.1, -0.05) is 70.6 Å². The summed E-state index contributed by atoms with van der Waals surface area (Å²) in [6.45, 7) is 6.09. The Kier molecular flexibility index (Phi) is 9.94. The van der Waals surface area contributed by atoms with Gasteiger partial charge in [-0.05, 0) is 48.7 Å². The monoisotopic (exact) mass is 548 g/mol. The summed E-state index contributed by atoms with van der Waals surface area (Å²) >= 11 is 21.6. The predicted octanol–water partition coefficient (Wildman–Crippen LogP) is 5.98. The lowest BCUT2D eigenvalue weighted by Gasteiger charge is -2.29. The highest BCUT2D eigenvalue weighted by Crippen LogP contribution is 2.28. The average Bonchev–Trinajstić information content (AvgIpc) is 2.71. The third-order valence-electron chi connectivity index (χ3n) is 4.43. The van der Waals surface area contributed by atoms with Gasteiger partial charge in [-0.15, -0.1) is 0 Å². The molecule has 0 radical (unpaired) electrons. The minimum Gasteiger partial charge on any atom is -0.482 e. The van der Waals surface area contributed by atoms with Crippen LogP contribution in [0.1, 0.15) is 26.3 Å². The van der Waals surface area contributed by atoms with Gasteiger partial charge in [0.05, 0.1) is 15.1 Å². The molecule has 1 N–H and O–H groups in total. The lowest BCUT2D eigenvalue weighted by Crippen LogP contribution is -2.49. The number of benzene rings is 2.